The maximum Gasteiger partial charge on any atom is 1.00 e. The van der Waals surface area contributed by atoms with Crippen LogP contribution in [0.5, 0.6) is 0 Å². The SMILES string of the molecule is C=C[C-]=O.[Cu+].[Li]. The summed E-state index contributed by atoms with van der Waals surface area (Å²) in [7, 11) is 0. The van der Waals surface area contributed by atoms with Gasteiger partial charge in [-0.3, -0.25) is 0 Å². The fourth-order valence-electron chi connectivity index (χ4n) is 0. The second-order valence-corrected chi connectivity index (χ2v) is 0.322. The normalized spacial score (nSPS) is 3.33. The summed E-state index contributed by atoms with van der Waals surface area (Å²) in [5.74, 6) is 0. The molecule has 0 aliphatic heterocycles. The Morgan fingerprint density at radius 2 is 1.83 bits per heavy atom. The van der Waals surface area contributed by atoms with Crippen LogP contribution in [-0.4, -0.2) is 25.1 Å². The molecule has 0 rings (SSSR count). The predicted octanol–water partition coefficient (Wildman–Crippen LogP) is -0.101. The van der Waals surface area contributed by atoms with E-state index in [1.165, 1.54) is 6.29 Å². The van der Waals surface area contributed by atoms with Gasteiger partial charge >= 0.3 is 17.1 Å². The van der Waals surface area contributed by atoms with Crippen LogP contribution < -0.4 is 0 Å². The van der Waals surface area contributed by atoms with Gasteiger partial charge in [-0.2, -0.15) is 0 Å². The van der Waals surface area contributed by atoms with E-state index >= 15 is 0 Å². The minimum atomic E-state index is 0. The molecule has 0 fully saturated rings. The van der Waals surface area contributed by atoms with Gasteiger partial charge in [-0.1, -0.05) is 0 Å². The van der Waals surface area contributed by atoms with Crippen molar-refractivity contribution in [2.45, 2.75) is 0 Å². The van der Waals surface area contributed by atoms with Crippen LogP contribution in [0.25, 0.3) is 0 Å². The van der Waals surface area contributed by atoms with Gasteiger partial charge in [0.15, 0.2) is 0 Å². The molecule has 0 atom stereocenters. The van der Waals surface area contributed by atoms with E-state index in [-0.39, 0.29) is 35.9 Å². The van der Waals surface area contributed by atoms with E-state index in [2.05, 4.69) is 6.58 Å². The average Bonchev–Trinajstić information content (AvgIpc) is 1.37. The van der Waals surface area contributed by atoms with Crippen LogP contribution in [0.2, 0.25) is 0 Å². The summed E-state index contributed by atoms with van der Waals surface area (Å²) in [6.07, 6.45) is 2.51. The zero-order valence-electron chi connectivity index (χ0n) is 3.49. The van der Waals surface area contributed by atoms with E-state index in [4.69, 9.17) is 4.79 Å². The first-order valence-electron chi connectivity index (χ1n) is 0.901. The van der Waals surface area contributed by atoms with Crippen molar-refractivity contribution in [2.24, 2.45) is 0 Å². The molecule has 3 heteroatoms. The Morgan fingerprint density at radius 3 is 1.83 bits per heavy atom. The molecule has 0 aromatic rings. The van der Waals surface area contributed by atoms with E-state index in [1.54, 1.807) is 0 Å². The average molecular weight is 126 g/mol. The Balaban J connectivity index is -0.0000000450. The van der Waals surface area contributed by atoms with Gasteiger partial charge in [-0.15, -0.1) is 0 Å². The van der Waals surface area contributed by atoms with Crippen molar-refractivity contribution in [1.29, 1.82) is 0 Å². The van der Waals surface area contributed by atoms with Gasteiger partial charge in [0, 0.05) is 18.9 Å². The Labute approximate surface area is 59.8 Å². The van der Waals surface area contributed by atoms with Gasteiger partial charge in [0.05, 0.1) is 0 Å². The van der Waals surface area contributed by atoms with Crippen molar-refractivity contribution in [1.82, 2.24) is 0 Å². The minimum Gasteiger partial charge on any atom is -0.419 e. The Morgan fingerprint density at radius 1 is 1.67 bits per heavy atom. The van der Waals surface area contributed by atoms with Crippen LogP contribution in [0, 0.1) is 0 Å². The molecule has 0 aliphatic carbocycles. The van der Waals surface area contributed by atoms with Crippen LogP contribution in [0.1, 0.15) is 0 Å². The van der Waals surface area contributed by atoms with Crippen LogP contribution in [-0.2, 0) is 21.9 Å². The van der Waals surface area contributed by atoms with Crippen molar-refractivity contribution in [3.8, 4) is 0 Å². The predicted molar refractivity (Wildman–Crippen MR) is 21.6 cm³/mol. The molecule has 1 radical (unpaired) electrons. The van der Waals surface area contributed by atoms with Gasteiger partial charge in [0.25, 0.3) is 0 Å². The van der Waals surface area contributed by atoms with Gasteiger partial charge in [0.2, 0.25) is 0 Å². The van der Waals surface area contributed by atoms with E-state index in [0.29, 0.717) is 0 Å². The summed E-state index contributed by atoms with van der Waals surface area (Å²) in [6, 6.07) is 0. The summed E-state index contributed by atoms with van der Waals surface area (Å²) >= 11 is 0. The molecule has 1 nitrogen and oxygen atoms in total. The summed E-state index contributed by atoms with van der Waals surface area (Å²) < 4.78 is 0. The van der Waals surface area contributed by atoms with Crippen molar-refractivity contribution >= 4 is 25.1 Å². The first-order chi connectivity index (χ1) is 1.91. The molecule has 0 unspecified atom stereocenters. The van der Waals surface area contributed by atoms with E-state index < -0.39 is 0 Å². The quantitative estimate of drug-likeness (QED) is 0.272. The summed E-state index contributed by atoms with van der Waals surface area (Å²) in [4.78, 5) is 8.93. The van der Waals surface area contributed by atoms with Crippen molar-refractivity contribution in [3.05, 3.63) is 12.7 Å². The minimum absolute atomic E-state index is 0. The Bertz CT molecular complexity index is 31.8. The third-order valence-electron chi connectivity index (χ3n) is 0.0833. The smallest absolute Gasteiger partial charge is 0.419 e. The first kappa shape index (κ1) is 16.0. The summed E-state index contributed by atoms with van der Waals surface area (Å²) in [5.41, 5.74) is 0. The molecular weight excluding hydrogens is 123 g/mol. The van der Waals surface area contributed by atoms with Gasteiger partial charge in [0.1, 0.15) is 0 Å². The van der Waals surface area contributed by atoms with Crippen LogP contribution in [0.4, 0.5) is 0 Å². The Hall–Kier alpha value is 0.527. The molecule has 0 bridgehead atoms. The Kier molecular flexibility index (Phi) is 47.4. The number of allylic oxidation sites excluding steroid dienone is 1. The van der Waals surface area contributed by atoms with E-state index in [0.717, 1.165) is 6.08 Å². The maximum absolute atomic E-state index is 8.93. The largest absolute Gasteiger partial charge is 1.00 e. The topological polar surface area (TPSA) is 17.1 Å². The maximum atomic E-state index is 8.93. The first-order valence-corrected chi connectivity index (χ1v) is 0.901. The second kappa shape index (κ2) is 17.7. The zero-order valence-corrected chi connectivity index (χ0v) is 4.44. The third-order valence-corrected chi connectivity index (χ3v) is 0.0833. The van der Waals surface area contributed by atoms with Crippen LogP contribution >= 0.6 is 0 Å². The molecule has 6 heavy (non-hydrogen) atoms. The third kappa shape index (κ3) is 24.2. The molecule has 0 saturated carbocycles. The van der Waals surface area contributed by atoms with E-state index in [9.17, 15) is 0 Å². The fourth-order valence-corrected chi connectivity index (χ4v) is 0. The number of rotatable bonds is 1. The number of hydrogen-bond donors (Lipinski definition) is 0. The second-order valence-electron chi connectivity index (χ2n) is 0.322. The standard InChI is InChI=1S/C3H3O.Cu.Li/c1-2-3-4;;/h2H,1H2;;/q-1;+1;. The van der Waals surface area contributed by atoms with Gasteiger partial charge in [-0.05, 0) is 6.29 Å². The fraction of sp³-hybridized carbons (Fsp3) is 0. The molecule has 0 aromatic heterocycles. The molecule has 0 saturated heterocycles. The van der Waals surface area contributed by atoms with Gasteiger partial charge in [-0.25, -0.2) is 12.7 Å². The molecule has 0 N–H and O–H groups in total. The van der Waals surface area contributed by atoms with Crippen molar-refractivity contribution in [2.75, 3.05) is 0 Å². The zero-order chi connectivity index (χ0) is 3.41. The van der Waals surface area contributed by atoms with Crippen LogP contribution in [0.3, 0.4) is 0 Å². The van der Waals surface area contributed by atoms with Gasteiger partial charge < -0.3 is 4.79 Å². The number of hydrogen-bond acceptors (Lipinski definition) is 1. The monoisotopic (exact) mass is 125 g/mol. The molecule has 33 valence electrons. The molecule has 0 aliphatic rings. The molecule has 0 amide bonds. The summed E-state index contributed by atoms with van der Waals surface area (Å²) in [6.45, 7) is 3.06. The molecule has 0 spiro atoms. The van der Waals surface area contributed by atoms with Crippen molar-refractivity contribution < 1.29 is 21.9 Å². The van der Waals surface area contributed by atoms with E-state index in [1.807, 2.05) is 0 Å². The molecule has 0 aromatic carbocycles. The molecular formula is C3H3CuLiO. The summed E-state index contributed by atoms with van der Waals surface area (Å²) in [5, 5.41) is 0. The van der Waals surface area contributed by atoms with Crippen LogP contribution in [0.15, 0.2) is 12.7 Å². The number of carbonyl (C=O) groups excluding carboxylic acids is 1. The van der Waals surface area contributed by atoms with Crippen molar-refractivity contribution in [3.63, 3.8) is 0 Å². The molecule has 0 heterocycles.